The Hall–Kier alpha value is -2.14. The number of carbonyl (C=O) groups is 1. The molecule has 0 spiro atoms. The number of piperidine rings is 1. The summed E-state index contributed by atoms with van der Waals surface area (Å²) in [5.74, 6) is 1.19. The number of aryl methyl sites for hydroxylation is 2. The van der Waals surface area contributed by atoms with Gasteiger partial charge in [-0.05, 0) is 50.5 Å². The number of nitrogens with zero attached hydrogens (tertiary/aromatic N) is 3. The second kappa shape index (κ2) is 6.77. The molecule has 1 fully saturated rings. The molecule has 126 valence electrons. The number of nitrogen functional groups attached to an aromatic ring is 1. The van der Waals surface area contributed by atoms with Crippen LogP contribution < -0.4 is 10.6 Å². The van der Waals surface area contributed by atoms with Crippen LogP contribution in [0.2, 0.25) is 5.02 Å². The highest BCUT2D eigenvalue weighted by Gasteiger charge is 2.28. The Balaban J connectivity index is 1.81. The molecular formula is C18H21ClN4O. The van der Waals surface area contributed by atoms with E-state index >= 15 is 0 Å². The summed E-state index contributed by atoms with van der Waals surface area (Å²) in [7, 11) is 0. The third-order valence-corrected chi connectivity index (χ3v) is 4.66. The smallest absolute Gasteiger partial charge is 0.222 e. The van der Waals surface area contributed by atoms with Gasteiger partial charge in [0.25, 0.3) is 0 Å². The van der Waals surface area contributed by atoms with Gasteiger partial charge in [0.1, 0.15) is 5.82 Å². The van der Waals surface area contributed by atoms with Crippen molar-refractivity contribution in [1.29, 1.82) is 0 Å². The van der Waals surface area contributed by atoms with Crippen molar-refractivity contribution in [3.05, 3.63) is 46.1 Å². The van der Waals surface area contributed by atoms with Crippen LogP contribution in [0.4, 0.5) is 11.8 Å². The molecule has 2 N–H and O–H groups in total. The van der Waals surface area contributed by atoms with Crippen LogP contribution >= 0.6 is 11.6 Å². The fourth-order valence-electron chi connectivity index (χ4n) is 3.26. The molecule has 24 heavy (non-hydrogen) atoms. The first-order valence-corrected chi connectivity index (χ1v) is 8.48. The normalized spacial score (nSPS) is 17.8. The van der Waals surface area contributed by atoms with Crippen molar-refractivity contribution in [1.82, 2.24) is 9.97 Å². The molecule has 2 heterocycles. The zero-order valence-corrected chi connectivity index (χ0v) is 14.7. The second-order valence-corrected chi connectivity index (χ2v) is 6.77. The lowest BCUT2D eigenvalue weighted by Crippen LogP contribution is -2.39. The number of carbonyl (C=O) groups excluding carboxylic acids is 1. The number of anilines is 2. The Bertz CT molecular complexity index is 757. The molecule has 2 aromatic rings. The summed E-state index contributed by atoms with van der Waals surface area (Å²) >= 11 is 5.99. The molecule has 3 rings (SSSR count). The van der Waals surface area contributed by atoms with Crippen molar-refractivity contribution in [2.75, 3.05) is 23.7 Å². The van der Waals surface area contributed by atoms with Crippen LogP contribution in [0.15, 0.2) is 24.3 Å². The summed E-state index contributed by atoms with van der Waals surface area (Å²) in [5.41, 5.74) is 8.27. The second-order valence-electron chi connectivity index (χ2n) is 6.33. The first-order chi connectivity index (χ1) is 11.4. The Morgan fingerprint density at radius 2 is 2.08 bits per heavy atom. The van der Waals surface area contributed by atoms with E-state index in [2.05, 4.69) is 14.9 Å². The topological polar surface area (TPSA) is 72.1 Å². The molecule has 1 aliphatic rings. The summed E-state index contributed by atoms with van der Waals surface area (Å²) in [4.78, 5) is 23.5. The minimum atomic E-state index is -0.0462. The largest absolute Gasteiger partial charge is 0.368 e. The van der Waals surface area contributed by atoms with Gasteiger partial charge in [-0.3, -0.25) is 4.79 Å². The highest BCUT2D eigenvalue weighted by atomic mass is 35.5. The van der Waals surface area contributed by atoms with Crippen molar-refractivity contribution in [3.8, 4) is 0 Å². The number of nitrogens with two attached hydrogens (primary N) is 1. The highest BCUT2D eigenvalue weighted by Crippen LogP contribution is 2.27. The molecule has 0 unspecified atom stereocenters. The van der Waals surface area contributed by atoms with Crippen LogP contribution in [0.25, 0.3) is 0 Å². The number of hydrogen-bond donors (Lipinski definition) is 1. The number of rotatable bonds is 3. The van der Waals surface area contributed by atoms with E-state index in [1.54, 1.807) is 6.07 Å². The molecular weight excluding hydrogens is 324 g/mol. The van der Waals surface area contributed by atoms with Gasteiger partial charge in [-0.25, -0.2) is 4.98 Å². The van der Waals surface area contributed by atoms with Crippen molar-refractivity contribution in [3.63, 3.8) is 0 Å². The van der Waals surface area contributed by atoms with Crippen LogP contribution in [0.1, 0.15) is 34.5 Å². The van der Waals surface area contributed by atoms with Crippen molar-refractivity contribution < 1.29 is 4.79 Å². The van der Waals surface area contributed by atoms with E-state index < -0.39 is 0 Å². The maximum atomic E-state index is 12.9. The Morgan fingerprint density at radius 3 is 2.79 bits per heavy atom. The van der Waals surface area contributed by atoms with Gasteiger partial charge in [-0.1, -0.05) is 11.6 Å². The number of hydrogen-bond acceptors (Lipinski definition) is 5. The summed E-state index contributed by atoms with van der Waals surface area (Å²) in [6.45, 7) is 5.34. The monoisotopic (exact) mass is 344 g/mol. The van der Waals surface area contributed by atoms with Gasteiger partial charge < -0.3 is 10.6 Å². The Morgan fingerprint density at radius 1 is 1.29 bits per heavy atom. The van der Waals surface area contributed by atoms with Gasteiger partial charge in [-0.15, -0.1) is 0 Å². The number of aromatic nitrogens is 2. The van der Waals surface area contributed by atoms with Crippen LogP contribution in [0.5, 0.6) is 0 Å². The lowest BCUT2D eigenvalue weighted by molar-refractivity contribution is 0.0906. The lowest BCUT2D eigenvalue weighted by Gasteiger charge is -2.33. The molecule has 6 heteroatoms. The van der Waals surface area contributed by atoms with Gasteiger partial charge in [-0.2, -0.15) is 4.98 Å². The van der Waals surface area contributed by atoms with Crippen LogP contribution in [0, 0.1) is 19.8 Å². The molecule has 0 aliphatic carbocycles. The van der Waals surface area contributed by atoms with Crippen LogP contribution in [-0.4, -0.2) is 28.8 Å². The molecule has 1 aromatic carbocycles. The van der Waals surface area contributed by atoms with E-state index in [0.717, 1.165) is 42.0 Å². The fraction of sp³-hybridized carbons (Fsp3) is 0.389. The number of Topliss-reactive ketones (excluding diaryl/α,β-unsaturated/α-hetero) is 1. The zero-order chi connectivity index (χ0) is 17.3. The van der Waals surface area contributed by atoms with Gasteiger partial charge in [0.2, 0.25) is 5.95 Å². The molecule has 1 saturated heterocycles. The van der Waals surface area contributed by atoms with E-state index in [-0.39, 0.29) is 17.6 Å². The van der Waals surface area contributed by atoms with Gasteiger partial charge in [0.15, 0.2) is 5.78 Å². The minimum absolute atomic E-state index is 0.0462. The molecule has 0 radical (unpaired) electrons. The maximum Gasteiger partial charge on any atom is 0.222 e. The zero-order valence-electron chi connectivity index (χ0n) is 13.9. The molecule has 0 bridgehead atoms. The third-order valence-electron chi connectivity index (χ3n) is 4.43. The van der Waals surface area contributed by atoms with E-state index in [1.165, 1.54) is 0 Å². The highest BCUT2D eigenvalue weighted by molar-refractivity contribution is 6.30. The minimum Gasteiger partial charge on any atom is -0.368 e. The van der Waals surface area contributed by atoms with Crippen LogP contribution in [0.3, 0.4) is 0 Å². The summed E-state index contributed by atoms with van der Waals surface area (Å²) in [6.07, 6.45) is 1.84. The summed E-state index contributed by atoms with van der Waals surface area (Å²) < 4.78 is 0. The number of ketones is 1. The quantitative estimate of drug-likeness (QED) is 0.863. The lowest BCUT2D eigenvalue weighted by atomic mass is 9.88. The molecule has 1 aliphatic heterocycles. The average molecular weight is 345 g/mol. The van der Waals surface area contributed by atoms with Crippen molar-refractivity contribution >= 4 is 29.2 Å². The predicted octanol–water partition coefficient (Wildman–Crippen LogP) is 3.43. The first-order valence-electron chi connectivity index (χ1n) is 8.10. The number of halogens is 1. The summed E-state index contributed by atoms with van der Waals surface area (Å²) in [5, 5.41) is 0.654. The van der Waals surface area contributed by atoms with Crippen LogP contribution in [-0.2, 0) is 0 Å². The summed E-state index contributed by atoms with van der Waals surface area (Å²) in [6, 6.07) is 7.35. The Kier molecular flexibility index (Phi) is 4.71. The first kappa shape index (κ1) is 16.7. The maximum absolute atomic E-state index is 12.9. The van der Waals surface area contributed by atoms with E-state index in [1.807, 2.05) is 32.0 Å². The molecule has 0 amide bonds. The van der Waals surface area contributed by atoms with Gasteiger partial charge in [0.05, 0.1) is 0 Å². The van der Waals surface area contributed by atoms with Crippen molar-refractivity contribution in [2.45, 2.75) is 26.7 Å². The molecule has 1 aromatic heterocycles. The Labute approximate surface area is 146 Å². The van der Waals surface area contributed by atoms with Crippen molar-refractivity contribution in [2.24, 2.45) is 5.92 Å². The van der Waals surface area contributed by atoms with Gasteiger partial charge >= 0.3 is 0 Å². The predicted molar refractivity (Wildman–Crippen MR) is 96.6 cm³/mol. The van der Waals surface area contributed by atoms with E-state index in [0.29, 0.717) is 11.6 Å². The molecule has 0 saturated carbocycles. The fourth-order valence-corrected chi connectivity index (χ4v) is 3.49. The van der Waals surface area contributed by atoms with E-state index in [4.69, 9.17) is 17.3 Å². The third kappa shape index (κ3) is 3.51. The number of benzene rings is 1. The van der Waals surface area contributed by atoms with Gasteiger partial charge in [0, 0.05) is 41.4 Å². The average Bonchev–Trinajstić information content (AvgIpc) is 2.53. The molecule has 5 nitrogen and oxygen atoms in total. The standard InChI is InChI=1S/C18H21ClN4O/c1-11-8-14(19)5-6-15(11)17(24)13-4-3-7-23(10-13)16-9-12(2)21-18(20)22-16/h5-6,8-9,13H,3-4,7,10H2,1-2H3,(H2,20,21,22)/t13-/m0/s1. The van der Waals surface area contributed by atoms with E-state index in [9.17, 15) is 4.79 Å². The SMILES string of the molecule is Cc1cc(N2CCC[C@H](C(=O)c3ccc(Cl)cc3C)C2)nc(N)n1. The molecule has 1 atom stereocenters.